The van der Waals surface area contributed by atoms with Crippen molar-refractivity contribution >= 4 is 17.1 Å². The minimum atomic E-state index is 0.00894. The zero-order chi connectivity index (χ0) is 11.8. The second-order valence-electron chi connectivity index (χ2n) is 5.25. The van der Waals surface area contributed by atoms with E-state index in [1.165, 1.54) is 37.1 Å². The molecule has 1 aromatic heterocycles. The highest BCUT2D eigenvalue weighted by Crippen LogP contribution is 2.37. The number of rotatable bonds is 1. The van der Waals surface area contributed by atoms with Gasteiger partial charge in [-0.15, -0.1) is 11.3 Å². The topological polar surface area (TPSA) is 56.0 Å². The second-order valence-corrected chi connectivity index (χ2v) is 6.37. The molecule has 0 bridgehead atoms. The summed E-state index contributed by atoms with van der Waals surface area (Å²) >= 11 is 1.74. The summed E-state index contributed by atoms with van der Waals surface area (Å²) in [7, 11) is 0. The van der Waals surface area contributed by atoms with Crippen LogP contribution in [-0.4, -0.2) is 16.8 Å². The largest absolute Gasteiger partial charge is 0.327 e. The third kappa shape index (κ3) is 2.16. The Morgan fingerprint density at radius 1 is 1.18 bits per heavy atom. The van der Waals surface area contributed by atoms with Crippen LogP contribution in [0.5, 0.6) is 0 Å². The van der Waals surface area contributed by atoms with Crippen molar-refractivity contribution in [1.82, 2.24) is 4.98 Å². The van der Waals surface area contributed by atoms with Crippen molar-refractivity contribution in [3.63, 3.8) is 0 Å². The molecule has 1 fully saturated rings. The molecule has 1 unspecified atom stereocenters. The van der Waals surface area contributed by atoms with Gasteiger partial charge in [-0.2, -0.15) is 0 Å². The molecule has 3 nitrogen and oxygen atoms in total. The Balaban J connectivity index is 1.88. The summed E-state index contributed by atoms with van der Waals surface area (Å²) in [5.41, 5.74) is 6.62. The van der Waals surface area contributed by atoms with Crippen LogP contribution >= 0.6 is 11.3 Å². The molecule has 4 heteroatoms. The van der Waals surface area contributed by atoms with Crippen molar-refractivity contribution in [2.75, 3.05) is 0 Å². The summed E-state index contributed by atoms with van der Waals surface area (Å²) < 4.78 is 0. The number of fused-ring (bicyclic) bond motifs is 1. The van der Waals surface area contributed by atoms with E-state index in [1.54, 1.807) is 11.3 Å². The standard InChI is InChI=1S/C13H18N2OS/c14-9-6-10(16)12-11(7-9)17-13(15-12)8-4-2-1-3-5-8/h8-9H,1-7,14H2. The number of nitrogens with zero attached hydrogens (tertiary/aromatic N) is 1. The summed E-state index contributed by atoms with van der Waals surface area (Å²) in [4.78, 5) is 17.6. The molecule has 2 N–H and O–H groups in total. The first kappa shape index (κ1) is 11.4. The van der Waals surface area contributed by atoms with E-state index in [9.17, 15) is 4.79 Å². The lowest BCUT2D eigenvalue weighted by molar-refractivity contribution is 0.0961. The van der Waals surface area contributed by atoms with Gasteiger partial charge in [0.2, 0.25) is 0 Å². The van der Waals surface area contributed by atoms with Gasteiger partial charge in [-0.05, 0) is 19.3 Å². The maximum atomic E-state index is 11.9. The van der Waals surface area contributed by atoms with Crippen LogP contribution in [0.3, 0.4) is 0 Å². The van der Waals surface area contributed by atoms with E-state index in [-0.39, 0.29) is 11.8 Å². The molecule has 0 amide bonds. The number of nitrogens with two attached hydrogens (primary N) is 1. The fourth-order valence-corrected chi connectivity index (χ4v) is 4.24. The SMILES string of the molecule is NC1CC(=O)c2nc(C3CCCCC3)sc2C1. The molecule has 0 spiro atoms. The van der Waals surface area contributed by atoms with Gasteiger partial charge in [-0.1, -0.05) is 19.3 Å². The molecule has 1 heterocycles. The van der Waals surface area contributed by atoms with Crippen molar-refractivity contribution in [3.8, 4) is 0 Å². The van der Waals surface area contributed by atoms with Crippen LogP contribution in [0.25, 0.3) is 0 Å². The van der Waals surface area contributed by atoms with E-state index < -0.39 is 0 Å². The zero-order valence-corrected chi connectivity index (χ0v) is 10.8. The third-order valence-corrected chi connectivity index (χ3v) is 5.07. The van der Waals surface area contributed by atoms with Gasteiger partial charge in [0.1, 0.15) is 5.69 Å². The molecule has 3 rings (SSSR count). The Morgan fingerprint density at radius 3 is 2.71 bits per heavy atom. The third-order valence-electron chi connectivity index (χ3n) is 3.83. The van der Waals surface area contributed by atoms with E-state index in [0.29, 0.717) is 12.3 Å². The summed E-state index contributed by atoms with van der Waals surface area (Å²) in [6.07, 6.45) is 7.77. The van der Waals surface area contributed by atoms with Gasteiger partial charge in [0.15, 0.2) is 5.78 Å². The average Bonchev–Trinajstić information content (AvgIpc) is 2.74. The monoisotopic (exact) mass is 250 g/mol. The fourth-order valence-electron chi connectivity index (χ4n) is 2.90. The number of carbonyl (C=O) groups is 1. The van der Waals surface area contributed by atoms with Gasteiger partial charge < -0.3 is 5.73 Å². The molecule has 2 aliphatic carbocycles. The van der Waals surface area contributed by atoms with Crippen LogP contribution in [0.4, 0.5) is 0 Å². The predicted molar refractivity (Wildman–Crippen MR) is 68.6 cm³/mol. The molecule has 1 atom stereocenters. The number of carbonyl (C=O) groups excluding carboxylic acids is 1. The first-order valence-electron chi connectivity index (χ1n) is 6.52. The van der Waals surface area contributed by atoms with Crippen molar-refractivity contribution in [2.24, 2.45) is 5.73 Å². The quantitative estimate of drug-likeness (QED) is 0.833. The van der Waals surface area contributed by atoms with Crippen LogP contribution in [0, 0.1) is 0 Å². The lowest BCUT2D eigenvalue weighted by Crippen LogP contribution is -2.30. The normalized spacial score (nSPS) is 25.9. The molecule has 1 aromatic rings. The molecular weight excluding hydrogens is 232 g/mol. The highest BCUT2D eigenvalue weighted by molar-refractivity contribution is 7.12. The van der Waals surface area contributed by atoms with Crippen LogP contribution in [0.1, 0.15) is 64.8 Å². The number of hydrogen-bond donors (Lipinski definition) is 1. The van der Waals surface area contributed by atoms with Crippen molar-refractivity contribution in [2.45, 2.75) is 56.9 Å². The lowest BCUT2D eigenvalue weighted by atomic mass is 9.90. The maximum absolute atomic E-state index is 11.9. The molecule has 1 saturated carbocycles. The Kier molecular flexibility index (Phi) is 3.01. The Morgan fingerprint density at radius 2 is 1.94 bits per heavy atom. The Hall–Kier alpha value is -0.740. The van der Waals surface area contributed by atoms with E-state index in [1.807, 2.05) is 0 Å². The number of thiazole rings is 1. The first-order valence-corrected chi connectivity index (χ1v) is 7.34. The van der Waals surface area contributed by atoms with Gasteiger partial charge in [0, 0.05) is 23.3 Å². The maximum Gasteiger partial charge on any atom is 0.183 e. The van der Waals surface area contributed by atoms with E-state index in [0.717, 1.165) is 17.0 Å². The van der Waals surface area contributed by atoms with Crippen LogP contribution < -0.4 is 5.73 Å². The molecule has 0 radical (unpaired) electrons. The van der Waals surface area contributed by atoms with Crippen LogP contribution in [0.15, 0.2) is 0 Å². The average molecular weight is 250 g/mol. The summed E-state index contributed by atoms with van der Waals surface area (Å²) in [6.45, 7) is 0. The highest BCUT2D eigenvalue weighted by Gasteiger charge is 2.29. The number of aromatic nitrogens is 1. The molecule has 0 aliphatic heterocycles. The summed E-state index contributed by atoms with van der Waals surface area (Å²) in [5, 5.41) is 1.19. The van der Waals surface area contributed by atoms with Gasteiger partial charge in [0.25, 0.3) is 0 Å². The fraction of sp³-hybridized carbons (Fsp3) is 0.692. The number of hydrogen-bond acceptors (Lipinski definition) is 4. The molecule has 0 saturated heterocycles. The van der Waals surface area contributed by atoms with Gasteiger partial charge in [-0.25, -0.2) is 4.98 Å². The van der Waals surface area contributed by atoms with E-state index in [2.05, 4.69) is 4.98 Å². The van der Waals surface area contributed by atoms with E-state index in [4.69, 9.17) is 5.73 Å². The van der Waals surface area contributed by atoms with Gasteiger partial charge in [0.05, 0.1) is 5.01 Å². The van der Waals surface area contributed by atoms with Gasteiger partial charge >= 0.3 is 0 Å². The molecule has 92 valence electrons. The van der Waals surface area contributed by atoms with Crippen molar-refractivity contribution in [1.29, 1.82) is 0 Å². The number of ketones is 1. The first-order chi connectivity index (χ1) is 8.24. The smallest absolute Gasteiger partial charge is 0.183 e. The summed E-state index contributed by atoms with van der Waals surface area (Å²) in [5.74, 6) is 0.750. The summed E-state index contributed by atoms with van der Waals surface area (Å²) in [6, 6.07) is 0.00894. The molecular formula is C13H18N2OS. The van der Waals surface area contributed by atoms with Crippen molar-refractivity contribution in [3.05, 3.63) is 15.6 Å². The predicted octanol–water partition coefficient (Wildman–Crippen LogP) is 2.65. The molecule has 17 heavy (non-hydrogen) atoms. The van der Waals surface area contributed by atoms with E-state index >= 15 is 0 Å². The van der Waals surface area contributed by atoms with Crippen LogP contribution in [0.2, 0.25) is 0 Å². The minimum Gasteiger partial charge on any atom is -0.327 e. The number of Topliss-reactive ketones (excluding diaryl/α,β-unsaturated/α-hetero) is 1. The van der Waals surface area contributed by atoms with Gasteiger partial charge in [-0.3, -0.25) is 4.79 Å². The minimum absolute atomic E-state index is 0.00894. The highest BCUT2D eigenvalue weighted by atomic mass is 32.1. The Bertz CT molecular complexity index is 435. The second kappa shape index (κ2) is 4.50. The van der Waals surface area contributed by atoms with Crippen LogP contribution in [-0.2, 0) is 6.42 Å². The Labute approximate surface area is 105 Å². The van der Waals surface area contributed by atoms with Crippen molar-refractivity contribution < 1.29 is 4.79 Å². The zero-order valence-electron chi connectivity index (χ0n) is 9.95. The lowest BCUT2D eigenvalue weighted by Gasteiger charge is -2.18. The molecule has 2 aliphatic rings. The molecule has 0 aromatic carbocycles.